The molecule has 1 heterocycles. The van der Waals surface area contributed by atoms with E-state index >= 15 is 0 Å². The second-order valence-corrected chi connectivity index (χ2v) is 2.92. The maximum absolute atomic E-state index is 5.66. The molecule has 1 aromatic carbocycles. The van der Waals surface area contributed by atoms with Gasteiger partial charge < -0.3 is 0 Å². The number of alkyl halides is 1. The molecule has 0 aromatic heterocycles. The summed E-state index contributed by atoms with van der Waals surface area (Å²) in [6, 6.07) is 7.86. The summed E-state index contributed by atoms with van der Waals surface area (Å²) < 4.78 is 0. The second-order valence-electron chi connectivity index (χ2n) is 2.65. The Morgan fingerprint density at radius 1 is 1.15 bits per heavy atom. The second kappa shape index (κ2) is 3.58. The van der Waals surface area contributed by atoms with Crippen LogP contribution in [-0.2, 0) is 5.88 Å². The van der Waals surface area contributed by atoms with Gasteiger partial charge >= 0.3 is 0 Å². The molecule has 0 unspecified atom stereocenters. The molecule has 0 aliphatic carbocycles. The monoisotopic (exact) mass is 192 g/mol. The third kappa shape index (κ3) is 1.70. The summed E-state index contributed by atoms with van der Waals surface area (Å²) in [4.78, 5) is 0. The highest BCUT2D eigenvalue weighted by Crippen LogP contribution is 2.19. The van der Waals surface area contributed by atoms with Crippen LogP contribution in [0.1, 0.15) is 11.1 Å². The van der Waals surface area contributed by atoms with E-state index in [2.05, 4.69) is 15.8 Å². The summed E-state index contributed by atoms with van der Waals surface area (Å²) >= 11 is 5.66. The number of nitrogens with zero attached hydrogens (tertiary/aromatic N) is 3. The summed E-state index contributed by atoms with van der Waals surface area (Å²) in [7, 11) is 0. The number of hydrogen-bond donors (Lipinski definition) is 0. The minimum Gasteiger partial charge on any atom is -0.136 e. The molecule has 1 aliphatic rings. The van der Waals surface area contributed by atoms with Crippen LogP contribution < -0.4 is 5.43 Å². The average molecular weight is 193 g/mol. The summed E-state index contributed by atoms with van der Waals surface area (Å²) in [5, 5.41) is 7.36. The van der Waals surface area contributed by atoms with Crippen LogP contribution in [0.5, 0.6) is 0 Å². The van der Waals surface area contributed by atoms with Crippen LogP contribution in [0.3, 0.4) is 0 Å². The van der Waals surface area contributed by atoms with Gasteiger partial charge in [0.15, 0.2) is 0 Å². The lowest BCUT2D eigenvalue weighted by atomic mass is 10.1. The Hall–Kier alpha value is -1.35. The van der Waals surface area contributed by atoms with Crippen LogP contribution in [0.25, 0.3) is 5.70 Å². The molecule has 0 spiro atoms. The molecular weight excluding hydrogens is 186 g/mol. The van der Waals surface area contributed by atoms with Gasteiger partial charge in [-0.25, -0.2) is 0 Å². The summed E-state index contributed by atoms with van der Waals surface area (Å²) in [5.41, 5.74) is 6.55. The molecule has 1 aromatic rings. The van der Waals surface area contributed by atoms with Gasteiger partial charge in [0, 0.05) is 11.4 Å². The maximum Gasteiger partial charge on any atom is 0.115 e. The lowest BCUT2D eigenvalue weighted by Crippen LogP contribution is -1.82. The summed E-state index contributed by atoms with van der Waals surface area (Å²) in [5.74, 6) is 0.533. The van der Waals surface area contributed by atoms with Crippen molar-refractivity contribution < 1.29 is 0 Å². The van der Waals surface area contributed by atoms with Crippen LogP contribution in [0.2, 0.25) is 0 Å². The average Bonchev–Trinajstić information content (AvgIpc) is 2.71. The van der Waals surface area contributed by atoms with Crippen molar-refractivity contribution in [1.82, 2.24) is 5.43 Å². The topological polar surface area (TPSA) is 38.8 Å². The molecule has 0 N–H and O–H groups in total. The van der Waals surface area contributed by atoms with E-state index in [9.17, 15) is 0 Å². The number of rotatable bonds is 2. The van der Waals surface area contributed by atoms with Crippen LogP contribution in [0.15, 0.2) is 40.8 Å². The Labute approximate surface area is 81.1 Å². The van der Waals surface area contributed by atoms with E-state index in [0.29, 0.717) is 5.88 Å². The van der Waals surface area contributed by atoms with E-state index in [1.165, 1.54) is 0 Å². The van der Waals surface area contributed by atoms with E-state index in [0.717, 1.165) is 16.8 Å². The highest BCUT2D eigenvalue weighted by atomic mass is 35.5. The van der Waals surface area contributed by atoms with Crippen molar-refractivity contribution in [3.8, 4) is 0 Å². The Kier molecular flexibility index (Phi) is 2.27. The van der Waals surface area contributed by atoms with Gasteiger partial charge in [-0.1, -0.05) is 24.3 Å². The first-order chi connectivity index (χ1) is 6.40. The minimum atomic E-state index is 0.533. The SMILES string of the molecule is ClCc1ccc(C2=C[N]N=N2)cc1. The standard InChI is InChI=1S/C9H7ClN3/c10-5-7-1-3-8(4-2-7)9-6-11-13-12-9/h1-4,6H,5H2. The molecule has 0 bridgehead atoms. The van der Waals surface area contributed by atoms with E-state index in [-0.39, 0.29) is 0 Å². The normalized spacial score (nSPS) is 14.1. The first-order valence-corrected chi connectivity index (χ1v) is 4.40. The molecular formula is C9H7ClN3. The number of halogens is 1. The van der Waals surface area contributed by atoms with E-state index in [4.69, 9.17) is 11.6 Å². The number of hydrogen-bond acceptors (Lipinski definition) is 2. The number of benzene rings is 1. The van der Waals surface area contributed by atoms with E-state index < -0.39 is 0 Å². The van der Waals surface area contributed by atoms with E-state index in [1.807, 2.05) is 24.3 Å². The van der Waals surface area contributed by atoms with Crippen LogP contribution >= 0.6 is 11.6 Å². The predicted octanol–water partition coefficient (Wildman–Crippen LogP) is 2.71. The third-order valence-electron chi connectivity index (χ3n) is 1.79. The van der Waals surface area contributed by atoms with Crippen molar-refractivity contribution in [1.29, 1.82) is 0 Å². The molecule has 0 saturated heterocycles. The molecule has 2 rings (SSSR count). The molecule has 1 aliphatic heterocycles. The summed E-state index contributed by atoms with van der Waals surface area (Å²) in [6.45, 7) is 0. The molecule has 0 amide bonds. The lowest BCUT2D eigenvalue weighted by molar-refractivity contribution is 0.906. The van der Waals surface area contributed by atoms with Gasteiger partial charge in [-0.2, -0.15) is 0 Å². The van der Waals surface area contributed by atoms with Crippen LogP contribution in [-0.4, -0.2) is 0 Å². The van der Waals surface area contributed by atoms with Crippen molar-refractivity contribution in [2.24, 2.45) is 10.3 Å². The quantitative estimate of drug-likeness (QED) is 0.647. The van der Waals surface area contributed by atoms with Gasteiger partial charge in [0.2, 0.25) is 0 Å². The zero-order valence-corrected chi connectivity index (χ0v) is 7.57. The van der Waals surface area contributed by atoms with Gasteiger partial charge in [-0.05, 0) is 10.8 Å². The van der Waals surface area contributed by atoms with Crippen molar-refractivity contribution in [2.45, 2.75) is 5.88 Å². The molecule has 3 nitrogen and oxygen atoms in total. The van der Waals surface area contributed by atoms with Gasteiger partial charge in [0.25, 0.3) is 0 Å². The lowest BCUT2D eigenvalue weighted by Gasteiger charge is -1.98. The van der Waals surface area contributed by atoms with Gasteiger partial charge in [-0.15, -0.1) is 22.1 Å². The highest BCUT2D eigenvalue weighted by Gasteiger charge is 2.04. The third-order valence-corrected chi connectivity index (χ3v) is 2.10. The zero-order chi connectivity index (χ0) is 9.10. The Balaban J connectivity index is 2.27. The predicted molar refractivity (Wildman–Crippen MR) is 51.0 cm³/mol. The van der Waals surface area contributed by atoms with Gasteiger partial charge in [0.1, 0.15) is 5.70 Å². The summed E-state index contributed by atoms with van der Waals surface area (Å²) in [6.07, 6.45) is 1.63. The van der Waals surface area contributed by atoms with Gasteiger partial charge in [0.05, 0.1) is 6.20 Å². The van der Waals surface area contributed by atoms with Crippen LogP contribution in [0.4, 0.5) is 0 Å². The molecule has 0 saturated carbocycles. The fraction of sp³-hybridized carbons (Fsp3) is 0.111. The highest BCUT2D eigenvalue weighted by molar-refractivity contribution is 6.17. The molecule has 13 heavy (non-hydrogen) atoms. The van der Waals surface area contributed by atoms with Crippen molar-refractivity contribution in [3.05, 3.63) is 41.6 Å². The molecule has 0 fully saturated rings. The Morgan fingerprint density at radius 3 is 2.46 bits per heavy atom. The smallest absolute Gasteiger partial charge is 0.115 e. The van der Waals surface area contributed by atoms with Crippen LogP contribution in [0, 0.1) is 0 Å². The minimum absolute atomic E-state index is 0.533. The molecule has 1 radical (unpaired) electrons. The fourth-order valence-electron chi connectivity index (χ4n) is 1.08. The van der Waals surface area contributed by atoms with Crippen molar-refractivity contribution in [2.75, 3.05) is 0 Å². The fourth-order valence-corrected chi connectivity index (χ4v) is 1.26. The van der Waals surface area contributed by atoms with Gasteiger partial charge in [-0.3, -0.25) is 0 Å². The largest absolute Gasteiger partial charge is 0.136 e. The molecule has 65 valence electrons. The Bertz CT molecular complexity index is 354. The first-order valence-electron chi connectivity index (χ1n) is 3.86. The van der Waals surface area contributed by atoms with E-state index in [1.54, 1.807) is 6.20 Å². The zero-order valence-electron chi connectivity index (χ0n) is 6.81. The molecule has 0 atom stereocenters. The first kappa shape index (κ1) is 8.26. The Morgan fingerprint density at radius 2 is 1.92 bits per heavy atom. The molecule has 4 heteroatoms. The maximum atomic E-state index is 5.66. The van der Waals surface area contributed by atoms with Crippen molar-refractivity contribution in [3.63, 3.8) is 0 Å². The van der Waals surface area contributed by atoms with Crippen molar-refractivity contribution >= 4 is 17.3 Å².